The van der Waals surface area contributed by atoms with E-state index < -0.39 is 11.9 Å². The van der Waals surface area contributed by atoms with Crippen molar-refractivity contribution in [1.82, 2.24) is 29.3 Å². The van der Waals surface area contributed by atoms with E-state index in [2.05, 4.69) is 20.1 Å². The Morgan fingerprint density at radius 2 is 1.79 bits per heavy atom. The van der Waals surface area contributed by atoms with Crippen LogP contribution in [0, 0.1) is 0 Å². The molecule has 0 bridgehead atoms. The molecule has 0 aliphatic heterocycles. The summed E-state index contributed by atoms with van der Waals surface area (Å²) in [6.07, 6.45) is 1.82. The van der Waals surface area contributed by atoms with E-state index in [1.807, 2.05) is 39.1 Å². The molecule has 200 valence electrons. The molecule has 1 aromatic carbocycles. The van der Waals surface area contributed by atoms with Gasteiger partial charge in [-0.25, -0.2) is 15.0 Å². The number of rotatable bonds is 8. The highest BCUT2D eigenvalue weighted by atomic mass is 19.4. The molecule has 0 amide bonds. The molecule has 0 radical (unpaired) electrons. The number of nitrogens with zero attached hydrogens (tertiary/aromatic N) is 6. The molecule has 5 rings (SSSR count). The monoisotopic (exact) mass is 526 g/mol. The van der Waals surface area contributed by atoms with E-state index in [1.165, 1.54) is 6.33 Å². The molecule has 0 saturated heterocycles. The second-order valence-electron chi connectivity index (χ2n) is 9.68. The molecule has 4 aromatic rings. The zero-order chi connectivity index (χ0) is 27.2. The molecule has 11 heteroatoms. The van der Waals surface area contributed by atoms with Crippen molar-refractivity contribution in [3.05, 3.63) is 59.9 Å². The highest BCUT2D eigenvalue weighted by molar-refractivity contribution is 5.79. The van der Waals surface area contributed by atoms with Crippen LogP contribution in [0.1, 0.15) is 68.6 Å². The summed E-state index contributed by atoms with van der Waals surface area (Å²) in [6.45, 7) is 5.65. The van der Waals surface area contributed by atoms with Crippen LogP contribution in [0.5, 0.6) is 11.8 Å². The molecule has 38 heavy (non-hydrogen) atoms. The summed E-state index contributed by atoms with van der Waals surface area (Å²) in [5.74, 6) is 1.40. The van der Waals surface area contributed by atoms with E-state index >= 15 is 0 Å². The number of alkyl halides is 3. The minimum Gasteiger partial charge on any atom is -0.480 e. The quantitative estimate of drug-likeness (QED) is 0.268. The first-order chi connectivity index (χ1) is 18.1. The lowest BCUT2D eigenvalue weighted by molar-refractivity contribution is -0.140. The van der Waals surface area contributed by atoms with Gasteiger partial charge in [0.1, 0.15) is 12.2 Å². The average Bonchev–Trinajstić information content (AvgIpc) is 3.44. The van der Waals surface area contributed by atoms with Crippen molar-refractivity contribution in [2.75, 3.05) is 14.2 Å². The Bertz CT molecular complexity index is 1460. The van der Waals surface area contributed by atoms with Gasteiger partial charge in [0.05, 0.1) is 31.5 Å². The number of methoxy groups -OCH3 is 2. The number of halogens is 3. The van der Waals surface area contributed by atoms with E-state index in [0.717, 1.165) is 41.4 Å². The Kier molecular flexibility index (Phi) is 6.62. The fraction of sp³-hybridized carbons (Fsp3) is 0.407. The van der Waals surface area contributed by atoms with E-state index in [0.29, 0.717) is 17.3 Å². The van der Waals surface area contributed by atoms with Gasteiger partial charge in [-0.3, -0.25) is 4.68 Å². The third-order valence-corrected chi connectivity index (χ3v) is 6.80. The second-order valence-corrected chi connectivity index (χ2v) is 9.68. The third-order valence-electron chi connectivity index (χ3n) is 6.80. The average molecular weight is 527 g/mol. The normalized spacial score (nSPS) is 14.7. The standard InChI is InChI=1S/C27H29F3N6O2/c1-15(2)35-13-21(27(28,29)30)33-25(35)18-8-9-19(16(3)36-11-10-22(34-36)37-4)20(12-18)23-24(17-6-7-17)31-14-32-26(23)38-5/h8-17H,6-7H2,1-5H3. The molecule has 0 spiro atoms. The van der Waals surface area contributed by atoms with Crippen LogP contribution in [0.4, 0.5) is 13.2 Å². The number of imidazole rings is 1. The van der Waals surface area contributed by atoms with Gasteiger partial charge < -0.3 is 14.0 Å². The Labute approximate surface area is 218 Å². The first-order valence-corrected chi connectivity index (χ1v) is 12.4. The summed E-state index contributed by atoms with van der Waals surface area (Å²) in [7, 11) is 3.10. The van der Waals surface area contributed by atoms with Crippen molar-refractivity contribution in [3.63, 3.8) is 0 Å². The van der Waals surface area contributed by atoms with Crippen LogP contribution >= 0.6 is 0 Å². The van der Waals surface area contributed by atoms with Gasteiger partial charge in [-0.05, 0) is 50.8 Å². The molecular formula is C27H29F3N6O2. The smallest absolute Gasteiger partial charge is 0.434 e. The minimum absolute atomic E-state index is 0.233. The highest BCUT2D eigenvalue weighted by Gasteiger charge is 2.36. The van der Waals surface area contributed by atoms with Gasteiger partial charge in [-0.2, -0.15) is 13.2 Å². The number of aromatic nitrogens is 6. The first-order valence-electron chi connectivity index (χ1n) is 12.4. The van der Waals surface area contributed by atoms with Gasteiger partial charge in [0.25, 0.3) is 0 Å². The van der Waals surface area contributed by atoms with E-state index in [-0.39, 0.29) is 23.8 Å². The molecule has 3 heterocycles. The highest BCUT2D eigenvalue weighted by Crippen LogP contribution is 2.48. The van der Waals surface area contributed by atoms with Crippen LogP contribution in [0.3, 0.4) is 0 Å². The maximum absolute atomic E-state index is 13.6. The van der Waals surface area contributed by atoms with Crippen LogP contribution in [0.15, 0.2) is 43.0 Å². The number of ether oxygens (including phenoxy) is 2. The van der Waals surface area contributed by atoms with Crippen molar-refractivity contribution in [2.24, 2.45) is 0 Å². The molecule has 1 aliphatic carbocycles. The maximum atomic E-state index is 13.6. The van der Waals surface area contributed by atoms with Crippen LogP contribution < -0.4 is 9.47 Å². The maximum Gasteiger partial charge on any atom is 0.434 e. The fourth-order valence-corrected chi connectivity index (χ4v) is 4.66. The van der Waals surface area contributed by atoms with Gasteiger partial charge in [0, 0.05) is 36.0 Å². The minimum atomic E-state index is -4.55. The second kappa shape index (κ2) is 9.77. The largest absolute Gasteiger partial charge is 0.480 e. The summed E-state index contributed by atoms with van der Waals surface area (Å²) in [4.78, 5) is 13.0. The Morgan fingerprint density at radius 1 is 1.03 bits per heavy atom. The predicted octanol–water partition coefficient (Wildman–Crippen LogP) is 6.31. The first kappa shape index (κ1) is 25.7. The fourth-order valence-electron chi connectivity index (χ4n) is 4.66. The van der Waals surface area contributed by atoms with Crippen molar-refractivity contribution in [1.29, 1.82) is 0 Å². The van der Waals surface area contributed by atoms with Crippen LogP contribution in [-0.4, -0.2) is 43.5 Å². The third kappa shape index (κ3) is 4.72. The van der Waals surface area contributed by atoms with Gasteiger partial charge in [0.15, 0.2) is 5.69 Å². The summed E-state index contributed by atoms with van der Waals surface area (Å²) >= 11 is 0. The number of hydrogen-bond donors (Lipinski definition) is 0. The Balaban J connectivity index is 1.75. The molecule has 1 unspecified atom stereocenters. The van der Waals surface area contributed by atoms with E-state index in [1.54, 1.807) is 35.6 Å². The van der Waals surface area contributed by atoms with Gasteiger partial charge >= 0.3 is 6.18 Å². The van der Waals surface area contributed by atoms with Gasteiger partial charge in [-0.15, -0.1) is 5.10 Å². The SMILES string of the molecule is COc1ccn(C(C)c2ccc(-c3nc(C(F)(F)F)cn3C(C)C)cc2-c2c(OC)ncnc2C2CC2)n1. The molecule has 8 nitrogen and oxygen atoms in total. The molecular weight excluding hydrogens is 497 g/mol. The number of hydrogen-bond acceptors (Lipinski definition) is 6. The van der Waals surface area contributed by atoms with Crippen molar-refractivity contribution >= 4 is 0 Å². The lowest BCUT2D eigenvalue weighted by Crippen LogP contribution is -2.11. The summed E-state index contributed by atoms with van der Waals surface area (Å²) in [5, 5.41) is 4.49. The Morgan fingerprint density at radius 3 is 2.39 bits per heavy atom. The van der Waals surface area contributed by atoms with E-state index in [9.17, 15) is 13.2 Å². The van der Waals surface area contributed by atoms with Crippen LogP contribution in [0.25, 0.3) is 22.5 Å². The number of benzene rings is 1. The zero-order valence-electron chi connectivity index (χ0n) is 21.8. The van der Waals surface area contributed by atoms with Crippen molar-refractivity contribution < 1.29 is 22.6 Å². The zero-order valence-corrected chi connectivity index (χ0v) is 21.8. The molecule has 1 atom stereocenters. The molecule has 1 aliphatic rings. The Hall–Kier alpha value is -3.89. The molecule has 3 aromatic heterocycles. The predicted molar refractivity (Wildman–Crippen MR) is 135 cm³/mol. The van der Waals surface area contributed by atoms with Crippen molar-refractivity contribution in [3.8, 4) is 34.3 Å². The summed E-state index contributed by atoms with van der Waals surface area (Å²) in [6, 6.07) is 6.86. The van der Waals surface area contributed by atoms with Gasteiger partial charge in [0.2, 0.25) is 11.8 Å². The lowest BCUT2D eigenvalue weighted by Gasteiger charge is -2.21. The van der Waals surface area contributed by atoms with Crippen LogP contribution in [0.2, 0.25) is 0 Å². The van der Waals surface area contributed by atoms with Crippen LogP contribution in [-0.2, 0) is 6.18 Å². The lowest BCUT2D eigenvalue weighted by atomic mass is 9.91. The molecule has 1 saturated carbocycles. The van der Waals surface area contributed by atoms with Crippen molar-refractivity contribution in [2.45, 2.75) is 57.8 Å². The topological polar surface area (TPSA) is 79.9 Å². The van der Waals surface area contributed by atoms with E-state index in [4.69, 9.17) is 9.47 Å². The molecule has 1 fully saturated rings. The summed E-state index contributed by atoms with van der Waals surface area (Å²) in [5.41, 5.74) is 2.86. The van der Waals surface area contributed by atoms with Gasteiger partial charge in [-0.1, -0.05) is 12.1 Å². The molecule has 0 N–H and O–H groups in total. The summed E-state index contributed by atoms with van der Waals surface area (Å²) < 4.78 is 55.1.